The molecule has 2 aromatic carbocycles. The second-order valence-electron chi connectivity index (χ2n) is 6.79. The van der Waals surface area contributed by atoms with E-state index in [9.17, 15) is 14.4 Å². The fourth-order valence-corrected chi connectivity index (χ4v) is 3.70. The maximum absolute atomic E-state index is 12.7. The molecule has 0 bridgehead atoms. The summed E-state index contributed by atoms with van der Waals surface area (Å²) >= 11 is 0.816. The fraction of sp³-hybridized carbons (Fsp3) is 0.261. The fourth-order valence-electron chi connectivity index (χ4n) is 2.86. The Morgan fingerprint density at radius 2 is 1.87 bits per heavy atom. The molecule has 0 aromatic heterocycles. The molecule has 162 valence electrons. The molecule has 31 heavy (non-hydrogen) atoms. The highest BCUT2D eigenvalue weighted by atomic mass is 32.2. The van der Waals surface area contributed by atoms with E-state index in [2.05, 4.69) is 12.2 Å². The van der Waals surface area contributed by atoms with Gasteiger partial charge in [-0.15, -0.1) is 0 Å². The van der Waals surface area contributed by atoms with Crippen LogP contribution in [0.4, 0.5) is 10.5 Å². The highest BCUT2D eigenvalue weighted by molar-refractivity contribution is 8.18. The van der Waals surface area contributed by atoms with Crippen molar-refractivity contribution in [2.24, 2.45) is 0 Å². The van der Waals surface area contributed by atoms with Crippen molar-refractivity contribution < 1.29 is 23.9 Å². The minimum Gasteiger partial charge on any atom is -0.495 e. The number of imide groups is 1. The third kappa shape index (κ3) is 5.88. The van der Waals surface area contributed by atoms with Gasteiger partial charge in [0, 0.05) is 0 Å². The number of thioether (sulfide) groups is 1. The molecule has 1 fully saturated rings. The Bertz CT molecular complexity index is 988. The lowest BCUT2D eigenvalue weighted by Crippen LogP contribution is -2.36. The number of unbranched alkanes of at least 4 members (excludes halogenated alkanes) is 1. The molecular formula is C23H24N2O5S. The number of hydrogen-bond donors (Lipinski definition) is 1. The van der Waals surface area contributed by atoms with Crippen LogP contribution in [0.1, 0.15) is 25.3 Å². The predicted molar refractivity (Wildman–Crippen MR) is 121 cm³/mol. The van der Waals surface area contributed by atoms with Crippen LogP contribution in [0.2, 0.25) is 0 Å². The van der Waals surface area contributed by atoms with Gasteiger partial charge >= 0.3 is 0 Å². The number of ether oxygens (including phenoxy) is 2. The quantitative estimate of drug-likeness (QED) is 0.455. The lowest BCUT2D eigenvalue weighted by molar-refractivity contribution is -0.127. The Balaban J connectivity index is 1.63. The van der Waals surface area contributed by atoms with Crippen molar-refractivity contribution in [1.82, 2.24) is 4.90 Å². The van der Waals surface area contributed by atoms with Crippen molar-refractivity contribution >= 4 is 40.6 Å². The Labute approximate surface area is 185 Å². The van der Waals surface area contributed by atoms with Crippen molar-refractivity contribution in [1.29, 1.82) is 0 Å². The van der Waals surface area contributed by atoms with Crippen LogP contribution in [0.15, 0.2) is 53.4 Å². The van der Waals surface area contributed by atoms with Gasteiger partial charge in [-0.05, 0) is 54.1 Å². The van der Waals surface area contributed by atoms with E-state index >= 15 is 0 Å². The normalized spacial score (nSPS) is 14.8. The van der Waals surface area contributed by atoms with E-state index in [4.69, 9.17) is 9.47 Å². The van der Waals surface area contributed by atoms with Gasteiger partial charge in [0.1, 0.15) is 18.0 Å². The molecule has 0 saturated carbocycles. The molecule has 8 heteroatoms. The third-order valence-corrected chi connectivity index (χ3v) is 5.41. The summed E-state index contributed by atoms with van der Waals surface area (Å²) in [6.45, 7) is 2.39. The van der Waals surface area contributed by atoms with Gasteiger partial charge in [-0.1, -0.05) is 37.6 Å². The number of rotatable bonds is 9. The molecule has 1 saturated heterocycles. The maximum Gasteiger partial charge on any atom is 0.294 e. The van der Waals surface area contributed by atoms with Gasteiger partial charge in [0.15, 0.2) is 0 Å². The highest BCUT2D eigenvalue weighted by Gasteiger charge is 2.36. The molecule has 1 aliphatic rings. The summed E-state index contributed by atoms with van der Waals surface area (Å²) in [6.07, 6.45) is 3.68. The van der Waals surface area contributed by atoms with Crippen molar-refractivity contribution in [3.05, 3.63) is 59.0 Å². The molecule has 1 aliphatic heterocycles. The van der Waals surface area contributed by atoms with Gasteiger partial charge in [-0.2, -0.15) is 0 Å². The van der Waals surface area contributed by atoms with Gasteiger partial charge < -0.3 is 14.8 Å². The first kappa shape index (κ1) is 22.4. The number of hydrogen-bond acceptors (Lipinski definition) is 6. The van der Waals surface area contributed by atoms with E-state index in [1.807, 2.05) is 24.3 Å². The van der Waals surface area contributed by atoms with Crippen molar-refractivity contribution in [2.75, 3.05) is 25.6 Å². The van der Waals surface area contributed by atoms with Gasteiger partial charge in [-0.25, -0.2) is 0 Å². The Morgan fingerprint density at radius 3 is 2.58 bits per heavy atom. The van der Waals surface area contributed by atoms with Gasteiger partial charge in [0.05, 0.1) is 24.3 Å². The Kier molecular flexibility index (Phi) is 7.72. The molecular weight excluding hydrogens is 416 g/mol. The third-order valence-electron chi connectivity index (χ3n) is 4.50. The summed E-state index contributed by atoms with van der Waals surface area (Å²) in [5.74, 6) is 0.272. The monoisotopic (exact) mass is 440 g/mol. The molecule has 2 aromatic rings. The van der Waals surface area contributed by atoms with Crippen LogP contribution in [0.5, 0.6) is 11.5 Å². The summed E-state index contributed by atoms with van der Waals surface area (Å²) in [6, 6.07) is 14.2. The first-order valence-corrected chi connectivity index (χ1v) is 10.7. The Morgan fingerprint density at radius 1 is 1.13 bits per heavy atom. The second kappa shape index (κ2) is 10.7. The smallest absolute Gasteiger partial charge is 0.294 e. The minimum absolute atomic E-state index is 0.273. The first-order chi connectivity index (χ1) is 15.0. The van der Waals surface area contributed by atoms with Crippen molar-refractivity contribution in [2.45, 2.75) is 19.8 Å². The van der Waals surface area contributed by atoms with Gasteiger partial charge in [0.25, 0.3) is 11.1 Å². The van der Waals surface area contributed by atoms with Crippen LogP contribution in [0.25, 0.3) is 6.08 Å². The molecule has 0 aliphatic carbocycles. The zero-order chi connectivity index (χ0) is 22.2. The first-order valence-electron chi connectivity index (χ1n) is 9.93. The van der Waals surface area contributed by atoms with E-state index in [-0.39, 0.29) is 11.4 Å². The van der Waals surface area contributed by atoms with E-state index in [0.29, 0.717) is 18.0 Å². The number of anilines is 1. The summed E-state index contributed by atoms with van der Waals surface area (Å²) in [4.78, 5) is 38.5. The second-order valence-corrected chi connectivity index (χ2v) is 7.78. The number of carbonyl (C=O) groups excluding carboxylic acids is 3. The van der Waals surface area contributed by atoms with Crippen molar-refractivity contribution in [3.63, 3.8) is 0 Å². The zero-order valence-electron chi connectivity index (χ0n) is 17.4. The molecule has 0 atom stereocenters. The average Bonchev–Trinajstić information content (AvgIpc) is 3.03. The molecule has 0 radical (unpaired) electrons. The number of para-hydroxylation sites is 2. The number of carbonyl (C=O) groups is 3. The molecule has 7 nitrogen and oxygen atoms in total. The predicted octanol–water partition coefficient (Wildman–Crippen LogP) is 4.55. The number of amides is 3. The largest absolute Gasteiger partial charge is 0.495 e. The van der Waals surface area contributed by atoms with Crippen LogP contribution in [0, 0.1) is 0 Å². The topological polar surface area (TPSA) is 84.9 Å². The van der Waals surface area contributed by atoms with Crippen LogP contribution in [-0.4, -0.2) is 42.2 Å². The summed E-state index contributed by atoms with van der Waals surface area (Å²) in [5, 5.41) is 2.19. The standard InChI is InChI=1S/C23H24N2O5S/c1-3-4-13-30-17-11-9-16(10-12-17)14-20-22(27)25(23(28)31-20)15-21(26)24-18-7-5-6-8-19(18)29-2/h5-12,14H,3-4,13,15H2,1-2H3,(H,24,26)/b20-14-. The van der Waals surface area contributed by atoms with E-state index in [1.165, 1.54) is 7.11 Å². The van der Waals surface area contributed by atoms with Crippen LogP contribution >= 0.6 is 11.8 Å². The van der Waals surface area contributed by atoms with Crippen molar-refractivity contribution in [3.8, 4) is 11.5 Å². The summed E-state index contributed by atoms with van der Waals surface area (Å²) in [5.41, 5.74) is 1.24. The minimum atomic E-state index is -0.492. The number of nitrogens with one attached hydrogen (secondary N) is 1. The molecule has 3 amide bonds. The van der Waals surface area contributed by atoms with Gasteiger partial charge in [-0.3, -0.25) is 19.3 Å². The van der Waals surface area contributed by atoms with E-state index in [1.54, 1.807) is 30.3 Å². The SMILES string of the molecule is CCCCOc1ccc(/C=C2\SC(=O)N(CC(=O)Nc3ccccc3OC)C2=O)cc1. The number of benzene rings is 2. The molecule has 0 spiro atoms. The highest BCUT2D eigenvalue weighted by Crippen LogP contribution is 2.32. The summed E-state index contributed by atoms with van der Waals surface area (Å²) < 4.78 is 10.8. The van der Waals surface area contributed by atoms with Crippen LogP contribution in [-0.2, 0) is 9.59 Å². The van der Waals surface area contributed by atoms with Crippen LogP contribution in [0.3, 0.4) is 0 Å². The van der Waals surface area contributed by atoms with E-state index < -0.39 is 17.1 Å². The zero-order valence-corrected chi connectivity index (χ0v) is 18.2. The Hall–Kier alpha value is -3.26. The molecule has 3 rings (SSSR count). The lowest BCUT2D eigenvalue weighted by atomic mass is 10.2. The lowest BCUT2D eigenvalue weighted by Gasteiger charge is -2.14. The molecule has 1 N–H and O–H groups in total. The van der Waals surface area contributed by atoms with Gasteiger partial charge in [0.2, 0.25) is 5.91 Å². The van der Waals surface area contributed by atoms with E-state index in [0.717, 1.165) is 40.8 Å². The average molecular weight is 441 g/mol. The maximum atomic E-state index is 12.7. The number of nitrogens with zero attached hydrogens (tertiary/aromatic N) is 1. The number of methoxy groups -OCH3 is 1. The molecule has 0 unspecified atom stereocenters. The van der Waals surface area contributed by atoms with Crippen LogP contribution < -0.4 is 14.8 Å². The summed E-state index contributed by atoms with van der Waals surface area (Å²) in [7, 11) is 1.50. The molecule has 1 heterocycles.